The molecule has 0 aromatic heterocycles. The summed E-state index contributed by atoms with van der Waals surface area (Å²) in [4.78, 5) is 0. The van der Waals surface area contributed by atoms with Crippen molar-refractivity contribution in [2.24, 2.45) is 0 Å². The van der Waals surface area contributed by atoms with Crippen LogP contribution in [0, 0.1) is 0 Å². The molecule has 0 unspecified atom stereocenters. The van der Waals surface area contributed by atoms with Crippen molar-refractivity contribution in [3.8, 4) is 22.3 Å². The fourth-order valence-corrected chi connectivity index (χ4v) is 5.39. The van der Waals surface area contributed by atoms with Gasteiger partial charge < -0.3 is 9.31 Å². The first-order valence-electron chi connectivity index (χ1n) is 13.2. The molecule has 22 radical (unpaired) electrons. The maximum Gasteiger partial charge on any atom is 0.494 e. The van der Waals surface area contributed by atoms with Gasteiger partial charge in [-0.3, -0.25) is 0 Å². The average Bonchev–Trinajstić information content (AvgIpc) is 3.16. The predicted octanol–water partition coefficient (Wildman–Crippen LogP) is -6.80. The van der Waals surface area contributed by atoms with Crippen LogP contribution >= 0.6 is 0 Å². The molecule has 1 heterocycles. The van der Waals surface area contributed by atoms with Crippen molar-refractivity contribution in [1.29, 1.82) is 0 Å². The van der Waals surface area contributed by atoms with Crippen LogP contribution in [0.4, 0.5) is 0 Å². The highest BCUT2D eigenvalue weighted by Crippen LogP contribution is 2.37. The van der Waals surface area contributed by atoms with Crippen LogP contribution in [0.2, 0.25) is 0 Å². The van der Waals surface area contributed by atoms with Crippen LogP contribution < -0.4 is 65.6 Å². The maximum absolute atomic E-state index is 6.80. The molecule has 0 saturated carbocycles. The Kier molecular flexibility index (Phi) is 7.80. The van der Waals surface area contributed by atoms with E-state index in [0.717, 1.165) is 5.46 Å². The van der Waals surface area contributed by atoms with Crippen molar-refractivity contribution >= 4 is 170 Å². The summed E-state index contributed by atoms with van der Waals surface area (Å²) in [7, 11) is 70.2. The van der Waals surface area contributed by atoms with Gasteiger partial charge in [-0.05, 0) is 66.2 Å². The number of fused-ring (bicyclic) bond motifs is 1. The Bertz CT molecular complexity index is 1770. The molecule has 0 N–H and O–H groups in total. The minimum absolute atomic E-state index is 0.0250. The summed E-state index contributed by atoms with van der Waals surface area (Å²) < 4.78 is 12.5. The number of benzene rings is 4. The van der Waals surface area contributed by atoms with Crippen molar-refractivity contribution in [1.82, 2.24) is 0 Å². The molecule has 0 aliphatic carbocycles. The minimum Gasteiger partial charge on any atom is -0.399 e. The Morgan fingerprint density at radius 3 is 1.36 bits per heavy atom. The lowest BCUT2D eigenvalue weighted by atomic mass is 9.56. The first-order chi connectivity index (χ1) is 19.4. The largest absolute Gasteiger partial charge is 0.494 e. The molecule has 0 atom stereocenters. The molecule has 1 fully saturated rings. The van der Waals surface area contributed by atoms with Gasteiger partial charge in [-0.1, -0.05) is 57.0 Å². The van der Waals surface area contributed by atoms with Crippen molar-refractivity contribution in [2.75, 3.05) is 0 Å². The molecule has 1 aliphatic heterocycles. The Hall–Kier alpha value is -2.16. The highest BCUT2D eigenvalue weighted by molar-refractivity contribution is 6.72. The quantitative estimate of drug-likeness (QED) is 0.254. The summed E-state index contributed by atoms with van der Waals surface area (Å²) in [6, 6.07) is 7.48. The minimum atomic E-state index is -0.637. The van der Waals surface area contributed by atoms with E-state index >= 15 is 0 Å². The van der Waals surface area contributed by atoms with Crippen LogP contribution in [-0.2, 0) is 9.31 Å². The summed E-state index contributed by atoms with van der Waals surface area (Å²) in [5.41, 5.74) is 2.00. The zero-order chi connectivity index (χ0) is 31.2. The molecule has 4 aromatic rings. The summed E-state index contributed by atoms with van der Waals surface area (Å²) in [6.07, 6.45) is 0. The molecule has 0 spiro atoms. The van der Waals surface area contributed by atoms with Gasteiger partial charge >= 0.3 is 7.12 Å². The van der Waals surface area contributed by atoms with Gasteiger partial charge in [0, 0.05) is 0 Å². The molecule has 0 amide bonds. The van der Waals surface area contributed by atoms with Gasteiger partial charge in [0.2, 0.25) is 0 Å². The summed E-state index contributed by atoms with van der Waals surface area (Å²) in [6.45, 7) is 7.91. The first-order valence-corrected chi connectivity index (χ1v) is 13.2. The lowest BCUT2D eigenvalue weighted by Gasteiger charge is -2.32. The summed E-state index contributed by atoms with van der Waals surface area (Å²) >= 11 is 0. The Labute approximate surface area is 263 Å². The predicted molar refractivity (Wildman–Crippen MR) is 190 cm³/mol. The van der Waals surface area contributed by atoms with Gasteiger partial charge in [0.05, 0.1) is 11.2 Å². The molecule has 1 aliphatic rings. The van der Waals surface area contributed by atoms with Crippen LogP contribution in [0.3, 0.4) is 0 Å². The zero-order valence-corrected chi connectivity index (χ0v) is 24.1. The topological polar surface area (TPSA) is 18.5 Å². The lowest BCUT2D eigenvalue weighted by Crippen LogP contribution is -2.56. The third-order valence-corrected chi connectivity index (χ3v) is 8.64. The lowest BCUT2D eigenvalue weighted by molar-refractivity contribution is 0.00578. The van der Waals surface area contributed by atoms with Gasteiger partial charge in [-0.15, -0.1) is 27.3 Å². The van der Waals surface area contributed by atoms with Gasteiger partial charge in [0.25, 0.3) is 0 Å². The van der Waals surface area contributed by atoms with Crippen molar-refractivity contribution < 1.29 is 9.31 Å². The van der Waals surface area contributed by atoms with Crippen LogP contribution in [-0.4, -0.2) is 105 Å². The van der Waals surface area contributed by atoms with Gasteiger partial charge in [-0.25, -0.2) is 0 Å². The zero-order valence-electron chi connectivity index (χ0n) is 24.1. The molecule has 4 aromatic carbocycles. The van der Waals surface area contributed by atoms with Crippen molar-refractivity contribution in [3.63, 3.8) is 0 Å². The smallest absolute Gasteiger partial charge is 0.399 e. The highest BCUT2D eigenvalue weighted by atomic mass is 16.7. The third-order valence-electron chi connectivity index (χ3n) is 8.64. The van der Waals surface area contributed by atoms with Crippen LogP contribution in [0.25, 0.3) is 33.0 Å². The SMILES string of the molecule is [B]c1c([B])c([B])c(-c2c([B])c([B])c(-c3cccc(B4OC(C)(C)C(C)(C)O4)c3)c3c([B])c([B])c([B])c([B])c23)c([B])c1[B]. The van der Waals surface area contributed by atoms with Gasteiger partial charge in [0.15, 0.2) is 0 Å². The van der Waals surface area contributed by atoms with E-state index in [1.165, 1.54) is 0 Å². The maximum atomic E-state index is 6.80. The fourth-order valence-electron chi connectivity index (χ4n) is 5.39. The standard InChI is InChI=1S/C28H16B12O2/c1-27(2)28(3,4)42-40(41-27)10-7-5-6-9(8-10)11-12-13(19(32)23(36)22(35)18(12)31)14(17(30)16(11)29)15-20(33)24(37)26(39)25(38)21(15)34/h5-8H,1-4H3. The molecular formula is C28H16B12O2. The Balaban J connectivity index is 1.89. The van der Waals surface area contributed by atoms with E-state index in [-0.39, 0.29) is 71.2 Å². The Morgan fingerprint density at radius 1 is 0.476 bits per heavy atom. The van der Waals surface area contributed by atoms with E-state index in [9.17, 15) is 0 Å². The molecule has 0 bridgehead atoms. The van der Waals surface area contributed by atoms with Crippen LogP contribution in [0.5, 0.6) is 0 Å². The number of hydrogen-bond acceptors (Lipinski definition) is 2. The van der Waals surface area contributed by atoms with Gasteiger partial charge in [-0.2, -0.15) is 0 Å². The van der Waals surface area contributed by atoms with E-state index in [2.05, 4.69) is 0 Å². The van der Waals surface area contributed by atoms with Crippen LogP contribution in [0.1, 0.15) is 27.7 Å². The van der Waals surface area contributed by atoms with Crippen molar-refractivity contribution in [2.45, 2.75) is 38.9 Å². The second-order valence-corrected chi connectivity index (χ2v) is 11.6. The highest BCUT2D eigenvalue weighted by Gasteiger charge is 2.51. The number of hydrogen-bond donors (Lipinski definition) is 0. The van der Waals surface area contributed by atoms with Gasteiger partial charge in [0.1, 0.15) is 86.3 Å². The fraction of sp³-hybridized carbons (Fsp3) is 0.214. The second-order valence-electron chi connectivity index (χ2n) is 11.6. The normalized spacial score (nSPS) is 15.9. The molecule has 14 heteroatoms. The molecule has 42 heavy (non-hydrogen) atoms. The summed E-state index contributed by atoms with van der Waals surface area (Å²) in [5, 5.41) is 0.712. The third kappa shape index (κ3) is 4.50. The van der Waals surface area contributed by atoms with E-state index < -0.39 is 18.3 Å². The average molecular weight is 514 g/mol. The second kappa shape index (κ2) is 10.5. The Morgan fingerprint density at radius 2 is 0.857 bits per heavy atom. The monoisotopic (exact) mass is 516 g/mol. The number of rotatable bonds is 3. The molecule has 176 valence electrons. The molecule has 2 nitrogen and oxygen atoms in total. The van der Waals surface area contributed by atoms with E-state index in [1.807, 2.05) is 52.0 Å². The van der Waals surface area contributed by atoms with E-state index in [4.69, 9.17) is 95.6 Å². The van der Waals surface area contributed by atoms with Crippen molar-refractivity contribution in [3.05, 3.63) is 24.3 Å². The first kappa shape index (κ1) is 31.3. The molecule has 5 rings (SSSR count). The molecular weight excluding hydrogens is 498 g/mol. The van der Waals surface area contributed by atoms with E-state index in [0.29, 0.717) is 21.9 Å². The molecule has 1 saturated heterocycles. The van der Waals surface area contributed by atoms with E-state index in [1.54, 1.807) is 0 Å². The summed E-state index contributed by atoms with van der Waals surface area (Å²) in [5.74, 6) is 0. The van der Waals surface area contributed by atoms with Crippen LogP contribution in [0.15, 0.2) is 24.3 Å².